The van der Waals surface area contributed by atoms with E-state index in [2.05, 4.69) is 20.6 Å². The number of anilines is 2. The lowest BCUT2D eigenvalue weighted by Gasteiger charge is -2.31. The normalized spacial score (nSPS) is 16.7. The van der Waals surface area contributed by atoms with Gasteiger partial charge in [-0.1, -0.05) is 0 Å². The van der Waals surface area contributed by atoms with E-state index in [0.29, 0.717) is 47.6 Å². The fourth-order valence-electron chi connectivity index (χ4n) is 4.90. The van der Waals surface area contributed by atoms with Gasteiger partial charge in [0, 0.05) is 44.2 Å². The molecule has 0 radical (unpaired) electrons. The average molecular weight is 547 g/mol. The Morgan fingerprint density at radius 1 is 1.18 bits per heavy atom. The SMILES string of the molecule is CC(=O)Nc1cc(C(C)Nc2nc(C)nc3c2cc(C2CCCN(C(=O)O)C2)c(=O)n3C)cc(C(F)(F)F)c1. The number of alkyl halides is 3. The molecule has 39 heavy (non-hydrogen) atoms. The van der Waals surface area contributed by atoms with Crippen LogP contribution >= 0.6 is 0 Å². The number of likely N-dealkylation sites (tertiary alicyclic amines) is 1. The summed E-state index contributed by atoms with van der Waals surface area (Å²) in [4.78, 5) is 46.5. The van der Waals surface area contributed by atoms with E-state index in [0.717, 1.165) is 12.1 Å². The second kappa shape index (κ2) is 10.5. The lowest BCUT2D eigenvalue weighted by molar-refractivity contribution is -0.137. The van der Waals surface area contributed by atoms with Crippen LogP contribution in [0.1, 0.15) is 61.2 Å². The monoisotopic (exact) mass is 546 g/mol. The van der Waals surface area contributed by atoms with Crippen LogP contribution in [0.25, 0.3) is 11.0 Å². The Labute approximate surface area is 221 Å². The molecule has 0 saturated carbocycles. The number of nitrogens with one attached hydrogen (secondary N) is 2. The number of aromatic nitrogens is 3. The van der Waals surface area contributed by atoms with Gasteiger partial charge in [-0.2, -0.15) is 13.2 Å². The molecule has 0 aliphatic carbocycles. The molecule has 2 atom stereocenters. The number of hydrogen-bond acceptors (Lipinski definition) is 6. The van der Waals surface area contributed by atoms with Crippen LogP contribution in [0.15, 0.2) is 29.1 Å². The van der Waals surface area contributed by atoms with Crippen molar-refractivity contribution in [1.82, 2.24) is 19.4 Å². The maximum absolute atomic E-state index is 13.6. The number of carbonyl (C=O) groups excluding carboxylic acids is 1. The predicted molar refractivity (Wildman–Crippen MR) is 139 cm³/mol. The number of halogens is 3. The van der Waals surface area contributed by atoms with Crippen molar-refractivity contribution in [3.63, 3.8) is 0 Å². The number of nitrogens with zero attached hydrogens (tertiary/aromatic N) is 4. The van der Waals surface area contributed by atoms with Crippen LogP contribution in [0.2, 0.25) is 0 Å². The van der Waals surface area contributed by atoms with Crippen molar-refractivity contribution < 1.29 is 27.9 Å². The molecule has 1 saturated heterocycles. The maximum Gasteiger partial charge on any atom is 0.416 e. The Kier molecular flexibility index (Phi) is 7.53. The Morgan fingerprint density at radius 3 is 2.54 bits per heavy atom. The van der Waals surface area contributed by atoms with Crippen molar-refractivity contribution in [2.24, 2.45) is 7.05 Å². The number of rotatable bonds is 5. The van der Waals surface area contributed by atoms with Crippen LogP contribution < -0.4 is 16.2 Å². The molecule has 2 unspecified atom stereocenters. The van der Waals surface area contributed by atoms with Gasteiger partial charge in [0.25, 0.3) is 5.56 Å². The van der Waals surface area contributed by atoms with Gasteiger partial charge < -0.3 is 20.6 Å². The number of hydrogen-bond donors (Lipinski definition) is 3. The fourth-order valence-corrected chi connectivity index (χ4v) is 4.90. The van der Waals surface area contributed by atoms with Gasteiger partial charge >= 0.3 is 12.3 Å². The number of carboxylic acid groups (broad SMARTS) is 1. The van der Waals surface area contributed by atoms with E-state index in [1.54, 1.807) is 27.0 Å². The lowest BCUT2D eigenvalue weighted by Crippen LogP contribution is -2.40. The third-order valence-electron chi connectivity index (χ3n) is 6.79. The van der Waals surface area contributed by atoms with E-state index in [1.807, 2.05) is 0 Å². The standard InChI is InChI=1S/C26H29F3N6O4/c1-13(17-8-18(26(27,28)29)10-19(9-17)33-15(3)36)30-22-21-11-20(16-6-5-7-35(12-16)25(38)39)24(37)34(4)23(21)32-14(2)31-22/h8-11,13,16H,5-7,12H2,1-4H3,(H,33,36)(H,38,39)(H,30,31,32). The number of benzene rings is 1. The minimum atomic E-state index is -4.63. The predicted octanol–water partition coefficient (Wildman–Crippen LogP) is 4.64. The molecular weight excluding hydrogens is 517 g/mol. The summed E-state index contributed by atoms with van der Waals surface area (Å²) in [6.07, 6.45) is -4.44. The molecule has 1 fully saturated rings. The lowest BCUT2D eigenvalue weighted by atomic mass is 9.91. The molecule has 3 aromatic rings. The number of aryl methyl sites for hydroxylation is 2. The molecule has 10 nitrogen and oxygen atoms in total. The number of amides is 2. The van der Waals surface area contributed by atoms with Crippen molar-refractivity contribution in [3.8, 4) is 0 Å². The van der Waals surface area contributed by atoms with Gasteiger partial charge in [0.2, 0.25) is 5.91 Å². The number of piperidine rings is 1. The highest BCUT2D eigenvalue weighted by atomic mass is 19.4. The van der Waals surface area contributed by atoms with Crippen LogP contribution in [0, 0.1) is 6.92 Å². The van der Waals surface area contributed by atoms with Gasteiger partial charge in [-0.3, -0.25) is 14.2 Å². The summed E-state index contributed by atoms with van der Waals surface area (Å²) < 4.78 is 42.2. The molecule has 208 valence electrons. The first-order chi connectivity index (χ1) is 18.2. The third-order valence-corrected chi connectivity index (χ3v) is 6.79. The molecule has 1 aliphatic rings. The van der Waals surface area contributed by atoms with Crippen LogP contribution in [-0.4, -0.2) is 49.6 Å². The second-order valence-electron chi connectivity index (χ2n) is 9.78. The Hall–Kier alpha value is -4.16. The highest BCUT2D eigenvalue weighted by molar-refractivity contribution is 5.89. The molecule has 13 heteroatoms. The molecule has 0 bridgehead atoms. The van der Waals surface area contributed by atoms with Crippen molar-refractivity contribution >= 4 is 34.5 Å². The Bertz CT molecular complexity index is 1500. The smallest absolute Gasteiger partial charge is 0.416 e. The van der Waals surface area contributed by atoms with Crippen LogP contribution in [-0.2, 0) is 18.0 Å². The van der Waals surface area contributed by atoms with Gasteiger partial charge in [0.15, 0.2) is 0 Å². The minimum Gasteiger partial charge on any atom is -0.465 e. The Morgan fingerprint density at radius 2 is 1.90 bits per heavy atom. The summed E-state index contributed by atoms with van der Waals surface area (Å²) in [6, 6.07) is 4.29. The molecule has 4 rings (SSSR count). The zero-order valence-corrected chi connectivity index (χ0v) is 21.9. The van der Waals surface area contributed by atoms with E-state index in [1.165, 1.54) is 22.5 Å². The molecule has 1 aliphatic heterocycles. The first-order valence-corrected chi connectivity index (χ1v) is 12.4. The second-order valence-corrected chi connectivity index (χ2v) is 9.78. The quantitative estimate of drug-likeness (QED) is 0.425. The summed E-state index contributed by atoms with van der Waals surface area (Å²) in [5, 5.41) is 15.5. The molecule has 1 aromatic carbocycles. The Balaban J connectivity index is 1.78. The van der Waals surface area contributed by atoms with Crippen LogP contribution in [0.5, 0.6) is 0 Å². The van der Waals surface area contributed by atoms with Crippen molar-refractivity contribution in [3.05, 3.63) is 57.1 Å². The minimum absolute atomic E-state index is 0.00895. The van der Waals surface area contributed by atoms with Crippen molar-refractivity contribution in [2.75, 3.05) is 23.7 Å². The zero-order chi connectivity index (χ0) is 28.6. The molecule has 2 aromatic heterocycles. The van der Waals surface area contributed by atoms with E-state index in [-0.39, 0.29) is 29.3 Å². The van der Waals surface area contributed by atoms with Gasteiger partial charge in [0.05, 0.1) is 17.0 Å². The average Bonchev–Trinajstić information content (AvgIpc) is 2.85. The van der Waals surface area contributed by atoms with Gasteiger partial charge in [0.1, 0.15) is 17.3 Å². The van der Waals surface area contributed by atoms with Gasteiger partial charge in [-0.15, -0.1) is 0 Å². The van der Waals surface area contributed by atoms with E-state index in [4.69, 9.17) is 0 Å². The summed E-state index contributed by atoms with van der Waals surface area (Å²) in [5.41, 5.74) is -0.186. The largest absolute Gasteiger partial charge is 0.465 e. The highest BCUT2D eigenvalue weighted by Crippen LogP contribution is 2.35. The molecule has 3 heterocycles. The maximum atomic E-state index is 13.6. The topological polar surface area (TPSA) is 129 Å². The van der Waals surface area contributed by atoms with E-state index in [9.17, 15) is 32.7 Å². The highest BCUT2D eigenvalue weighted by Gasteiger charge is 2.32. The number of fused-ring (bicyclic) bond motifs is 1. The van der Waals surface area contributed by atoms with Crippen molar-refractivity contribution in [1.29, 1.82) is 0 Å². The number of carbonyl (C=O) groups is 2. The summed E-state index contributed by atoms with van der Waals surface area (Å²) in [6.45, 7) is 5.08. The molecular formula is C26H29F3N6O4. The number of pyridine rings is 1. The van der Waals surface area contributed by atoms with Crippen molar-refractivity contribution in [2.45, 2.75) is 51.7 Å². The molecule has 0 spiro atoms. The first kappa shape index (κ1) is 27.9. The van der Waals surface area contributed by atoms with Gasteiger partial charge in [-0.25, -0.2) is 14.8 Å². The summed E-state index contributed by atoms with van der Waals surface area (Å²) >= 11 is 0. The van der Waals surface area contributed by atoms with E-state index < -0.39 is 29.8 Å². The van der Waals surface area contributed by atoms with Crippen LogP contribution in [0.4, 0.5) is 29.5 Å². The van der Waals surface area contributed by atoms with E-state index >= 15 is 0 Å². The zero-order valence-electron chi connectivity index (χ0n) is 21.9. The van der Waals surface area contributed by atoms with Gasteiger partial charge in [-0.05, 0) is 56.5 Å². The molecule has 2 amide bonds. The summed E-state index contributed by atoms with van der Waals surface area (Å²) in [7, 11) is 1.57. The first-order valence-electron chi connectivity index (χ1n) is 12.4. The summed E-state index contributed by atoms with van der Waals surface area (Å²) in [5.74, 6) is -0.173. The fraction of sp³-hybridized carbons (Fsp3) is 0.423. The third kappa shape index (κ3) is 5.96. The molecule has 3 N–H and O–H groups in total. The van der Waals surface area contributed by atoms with Crippen LogP contribution in [0.3, 0.4) is 0 Å².